The van der Waals surface area contributed by atoms with Crippen molar-refractivity contribution < 1.29 is 18.0 Å². The summed E-state index contributed by atoms with van der Waals surface area (Å²) in [4.78, 5) is 14.4. The van der Waals surface area contributed by atoms with Gasteiger partial charge in [0.15, 0.2) is 11.6 Å². The van der Waals surface area contributed by atoms with E-state index in [0.717, 1.165) is 43.8 Å². The first-order valence-electron chi connectivity index (χ1n) is 7.66. The maximum atomic E-state index is 13.2. The van der Waals surface area contributed by atoms with Gasteiger partial charge in [0, 0.05) is 12.1 Å². The molecule has 1 aliphatic heterocycles. The summed E-state index contributed by atoms with van der Waals surface area (Å²) in [5.74, 6) is -1.64. The van der Waals surface area contributed by atoms with Gasteiger partial charge in [0.05, 0.1) is 12.3 Å². The van der Waals surface area contributed by atoms with E-state index < -0.39 is 17.5 Å². The zero-order chi connectivity index (χ0) is 16.2. The van der Waals surface area contributed by atoms with E-state index in [9.17, 15) is 13.6 Å². The average molecular weight is 320 g/mol. The maximum absolute atomic E-state index is 13.2. The van der Waals surface area contributed by atoms with Crippen LogP contribution in [0.5, 0.6) is 0 Å². The van der Waals surface area contributed by atoms with Crippen LogP contribution >= 0.6 is 0 Å². The van der Waals surface area contributed by atoms with Gasteiger partial charge in [-0.25, -0.2) is 8.78 Å². The third kappa shape index (κ3) is 3.59. The van der Waals surface area contributed by atoms with Crippen LogP contribution in [0.3, 0.4) is 0 Å². The molecule has 0 spiro atoms. The molecule has 4 nitrogen and oxygen atoms in total. The number of hydrogen-bond donors (Lipinski definition) is 1. The van der Waals surface area contributed by atoms with Gasteiger partial charge < -0.3 is 9.73 Å². The van der Waals surface area contributed by atoms with Crippen molar-refractivity contribution in [3.8, 4) is 0 Å². The van der Waals surface area contributed by atoms with Crippen LogP contribution in [0.25, 0.3) is 0 Å². The van der Waals surface area contributed by atoms with E-state index >= 15 is 0 Å². The molecule has 6 heteroatoms. The molecule has 1 aromatic heterocycles. The molecule has 0 aliphatic carbocycles. The fourth-order valence-corrected chi connectivity index (χ4v) is 2.87. The van der Waals surface area contributed by atoms with E-state index in [2.05, 4.69) is 10.2 Å². The molecule has 1 N–H and O–H groups in total. The molecule has 23 heavy (non-hydrogen) atoms. The number of hydrogen-bond acceptors (Lipinski definition) is 3. The molecule has 122 valence electrons. The van der Waals surface area contributed by atoms with Crippen molar-refractivity contribution in [2.75, 3.05) is 19.6 Å². The van der Waals surface area contributed by atoms with Crippen molar-refractivity contribution in [3.05, 3.63) is 59.6 Å². The Morgan fingerprint density at radius 1 is 1.22 bits per heavy atom. The molecule has 1 aliphatic rings. The van der Waals surface area contributed by atoms with E-state index in [0.29, 0.717) is 6.54 Å². The summed E-state index contributed by atoms with van der Waals surface area (Å²) in [6.45, 7) is 2.25. The Bertz CT molecular complexity index is 667. The number of nitrogens with one attached hydrogen (secondary N) is 1. The lowest BCUT2D eigenvalue weighted by Gasteiger charge is -2.26. The lowest BCUT2D eigenvalue weighted by Crippen LogP contribution is -2.36. The molecule has 2 aromatic rings. The summed E-state index contributed by atoms with van der Waals surface area (Å²) in [6.07, 6.45) is 3.85. The topological polar surface area (TPSA) is 45.5 Å². The molecular weight excluding hydrogens is 302 g/mol. The Labute approximate surface area is 133 Å². The first-order chi connectivity index (χ1) is 11.1. The molecule has 0 saturated carbocycles. The summed E-state index contributed by atoms with van der Waals surface area (Å²) in [5.41, 5.74) is 0.100. The molecule has 1 saturated heterocycles. The monoisotopic (exact) mass is 320 g/mol. The number of benzene rings is 1. The standard InChI is InChI=1S/C17H18F2N2O2/c18-13-6-5-12(10-14(13)19)17(22)20-11-15(16-4-3-9-23-16)21-7-1-2-8-21/h3-6,9-10,15H,1-2,7-8,11H2,(H,20,22). The van der Waals surface area contributed by atoms with Gasteiger partial charge in [-0.3, -0.25) is 9.69 Å². The quantitative estimate of drug-likeness (QED) is 0.920. The third-order valence-corrected chi connectivity index (χ3v) is 4.09. The van der Waals surface area contributed by atoms with Gasteiger partial charge in [0.1, 0.15) is 5.76 Å². The summed E-state index contributed by atoms with van der Waals surface area (Å²) in [7, 11) is 0. The van der Waals surface area contributed by atoms with Gasteiger partial charge in [-0.15, -0.1) is 0 Å². The molecule has 0 radical (unpaired) electrons. The largest absolute Gasteiger partial charge is 0.468 e. The fourth-order valence-electron chi connectivity index (χ4n) is 2.87. The van der Waals surface area contributed by atoms with E-state index in [1.54, 1.807) is 6.26 Å². The molecule has 0 bridgehead atoms. The van der Waals surface area contributed by atoms with Crippen LogP contribution in [-0.4, -0.2) is 30.4 Å². The van der Waals surface area contributed by atoms with Crippen LogP contribution in [0.1, 0.15) is 35.0 Å². The van der Waals surface area contributed by atoms with Gasteiger partial charge in [-0.1, -0.05) is 0 Å². The number of halogens is 2. The summed E-state index contributed by atoms with van der Waals surface area (Å²) >= 11 is 0. The zero-order valence-electron chi connectivity index (χ0n) is 12.6. The van der Waals surface area contributed by atoms with E-state index in [-0.39, 0.29) is 11.6 Å². The Kier molecular flexibility index (Phi) is 4.71. The van der Waals surface area contributed by atoms with E-state index in [1.807, 2.05) is 12.1 Å². The van der Waals surface area contributed by atoms with Gasteiger partial charge in [-0.05, 0) is 56.3 Å². The second-order valence-electron chi connectivity index (χ2n) is 5.61. The second-order valence-corrected chi connectivity index (χ2v) is 5.61. The smallest absolute Gasteiger partial charge is 0.251 e. The van der Waals surface area contributed by atoms with Crippen molar-refractivity contribution in [3.63, 3.8) is 0 Å². The Morgan fingerprint density at radius 3 is 2.65 bits per heavy atom. The van der Waals surface area contributed by atoms with Gasteiger partial charge in [-0.2, -0.15) is 0 Å². The van der Waals surface area contributed by atoms with Crippen LogP contribution in [-0.2, 0) is 0 Å². The van der Waals surface area contributed by atoms with Gasteiger partial charge in [0.25, 0.3) is 5.91 Å². The van der Waals surface area contributed by atoms with Crippen molar-refractivity contribution >= 4 is 5.91 Å². The maximum Gasteiger partial charge on any atom is 0.251 e. The van der Waals surface area contributed by atoms with Crippen LogP contribution < -0.4 is 5.32 Å². The molecule has 2 heterocycles. The number of amides is 1. The lowest BCUT2D eigenvalue weighted by molar-refractivity contribution is 0.0933. The second kappa shape index (κ2) is 6.91. The predicted octanol–water partition coefficient (Wildman–Crippen LogP) is 3.12. The number of rotatable bonds is 5. The lowest BCUT2D eigenvalue weighted by atomic mass is 10.1. The number of likely N-dealkylation sites (tertiary alicyclic amines) is 1. The average Bonchev–Trinajstić information content (AvgIpc) is 3.24. The Balaban J connectivity index is 1.68. The minimum atomic E-state index is -1.03. The van der Waals surface area contributed by atoms with Crippen LogP contribution in [0.2, 0.25) is 0 Å². The van der Waals surface area contributed by atoms with Crippen molar-refractivity contribution in [2.45, 2.75) is 18.9 Å². The van der Waals surface area contributed by atoms with Crippen molar-refractivity contribution in [1.82, 2.24) is 10.2 Å². The zero-order valence-corrected chi connectivity index (χ0v) is 12.6. The molecular formula is C17H18F2N2O2. The number of furan rings is 1. The molecule has 1 amide bonds. The first kappa shape index (κ1) is 15.7. The minimum Gasteiger partial charge on any atom is -0.468 e. The van der Waals surface area contributed by atoms with Gasteiger partial charge >= 0.3 is 0 Å². The molecule has 3 rings (SSSR count). The van der Waals surface area contributed by atoms with Crippen molar-refractivity contribution in [2.24, 2.45) is 0 Å². The third-order valence-electron chi connectivity index (χ3n) is 4.09. The van der Waals surface area contributed by atoms with Crippen LogP contribution in [0.4, 0.5) is 8.78 Å². The summed E-state index contributed by atoms with van der Waals surface area (Å²) in [5, 5.41) is 2.78. The highest BCUT2D eigenvalue weighted by Gasteiger charge is 2.26. The SMILES string of the molecule is O=C(NCC(c1ccco1)N1CCCC1)c1ccc(F)c(F)c1. The van der Waals surface area contributed by atoms with E-state index in [4.69, 9.17) is 4.42 Å². The van der Waals surface area contributed by atoms with Crippen molar-refractivity contribution in [1.29, 1.82) is 0 Å². The normalized spacial score (nSPS) is 16.4. The molecule has 1 aromatic carbocycles. The minimum absolute atomic E-state index is 0.0539. The summed E-state index contributed by atoms with van der Waals surface area (Å²) in [6, 6.07) is 6.77. The number of carbonyl (C=O) groups excluding carboxylic acids is 1. The highest BCUT2D eigenvalue weighted by molar-refractivity contribution is 5.94. The highest BCUT2D eigenvalue weighted by atomic mass is 19.2. The fraction of sp³-hybridized carbons (Fsp3) is 0.353. The van der Waals surface area contributed by atoms with E-state index in [1.165, 1.54) is 6.07 Å². The van der Waals surface area contributed by atoms with Crippen LogP contribution in [0, 0.1) is 11.6 Å². The molecule has 1 unspecified atom stereocenters. The van der Waals surface area contributed by atoms with Crippen LogP contribution in [0.15, 0.2) is 41.0 Å². The Hall–Kier alpha value is -2.21. The first-order valence-corrected chi connectivity index (χ1v) is 7.66. The molecule has 1 atom stereocenters. The molecule has 1 fully saturated rings. The summed E-state index contributed by atoms with van der Waals surface area (Å²) < 4.78 is 31.6. The highest BCUT2D eigenvalue weighted by Crippen LogP contribution is 2.25. The number of nitrogens with zero attached hydrogens (tertiary/aromatic N) is 1. The number of carbonyl (C=O) groups is 1. The Morgan fingerprint density at radius 2 is 2.00 bits per heavy atom. The van der Waals surface area contributed by atoms with Gasteiger partial charge in [0.2, 0.25) is 0 Å². The predicted molar refractivity (Wildman–Crippen MR) is 80.9 cm³/mol.